The fourth-order valence-corrected chi connectivity index (χ4v) is 5.31. The first-order valence-electron chi connectivity index (χ1n) is 12.2. The molecule has 0 heterocycles. The molecule has 0 bridgehead atoms. The molecule has 1 N–H and O–H groups in total. The summed E-state index contributed by atoms with van der Waals surface area (Å²) in [6.45, 7) is 2.05. The van der Waals surface area contributed by atoms with E-state index in [-0.39, 0.29) is 18.9 Å². The van der Waals surface area contributed by atoms with Gasteiger partial charge in [-0.15, -0.1) is 0 Å². The minimum Gasteiger partial charge on any atom is -0.354 e. The standard InChI is InChI=1S/C28H31BrClN3O4S/c1-3-16-31-28(35)26(17-21-8-5-4-6-9-21)32(19-22-12-14-24(30)15-13-22)27(34)20-33(38(2,36)37)25-11-7-10-23(29)18-25/h4-15,18,26H,3,16-17,19-20H2,1-2H3,(H,31,35). The molecule has 202 valence electrons. The van der Waals surface area contributed by atoms with E-state index >= 15 is 0 Å². The molecule has 0 saturated carbocycles. The van der Waals surface area contributed by atoms with Gasteiger partial charge in [0.25, 0.3) is 0 Å². The molecule has 1 atom stereocenters. The van der Waals surface area contributed by atoms with Gasteiger partial charge in [0, 0.05) is 29.0 Å². The minimum atomic E-state index is -3.81. The molecule has 0 fully saturated rings. The largest absolute Gasteiger partial charge is 0.354 e. The molecule has 0 spiro atoms. The van der Waals surface area contributed by atoms with Gasteiger partial charge in [-0.2, -0.15) is 0 Å². The van der Waals surface area contributed by atoms with Crippen molar-refractivity contribution in [1.29, 1.82) is 0 Å². The number of hydrogen-bond acceptors (Lipinski definition) is 4. The quantitative estimate of drug-likeness (QED) is 0.308. The average Bonchev–Trinajstić information content (AvgIpc) is 2.88. The predicted molar refractivity (Wildman–Crippen MR) is 156 cm³/mol. The fraction of sp³-hybridized carbons (Fsp3) is 0.286. The Kier molecular flexibility index (Phi) is 10.8. The Morgan fingerprint density at radius 1 is 0.974 bits per heavy atom. The van der Waals surface area contributed by atoms with Crippen LogP contribution in [0, 0.1) is 0 Å². The van der Waals surface area contributed by atoms with Gasteiger partial charge in [0.1, 0.15) is 12.6 Å². The molecule has 10 heteroatoms. The molecule has 3 rings (SSSR count). The van der Waals surface area contributed by atoms with Crippen molar-refractivity contribution in [3.8, 4) is 0 Å². The van der Waals surface area contributed by atoms with E-state index in [1.807, 2.05) is 37.3 Å². The molecule has 0 aromatic heterocycles. The molecule has 0 radical (unpaired) electrons. The highest BCUT2D eigenvalue weighted by molar-refractivity contribution is 9.10. The Morgan fingerprint density at radius 2 is 1.66 bits per heavy atom. The van der Waals surface area contributed by atoms with Crippen molar-refractivity contribution in [2.24, 2.45) is 0 Å². The van der Waals surface area contributed by atoms with Gasteiger partial charge in [-0.3, -0.25) is 13.9 Å². The number of hydrogen-bond donors (Lipinski definition) is 1. The van der Waals surface area contributed by atoms with Crippen molar-refractivity contribution in [2.75, 3.05) is 23.7 Å². The number of nitrogens with zero attached hydrogens (tertiary/aromatic N) is 2. The van der Waals surface area contributed by atoms with Crippen LogP contribution in [0.2, 0.25) is 5.02 Å². The Labute approximate surface area is 238 Å². The van der Waals surface area contributed by atoms with Crippen molar-refractivity contribution in [3.05, 3.63) is 99.5 Å². The number of sulfonamides is 1. The van der Waals surface area contributed by atoms with Gasteiger partial charge in [0.05, 0.1) is 11.9 Å². The summed E-state index contributed by atoms with van der Waals surface area (Å²) >= 11 is 9.43. The molecule has 0 aliphatic heterocycles. The third-order valence-corrected chi connectivity index (χ3v) is 7.75. The van der Waals surface area contributed by atoms with Gasteiger partial charge in [0.15, 0.2) is 0 Å². The van der Waals surface area contributed by atoms with Crippen LogP contribution in [0.4, 0.5) is 5.69 Å². The van der Waals surface area contributed by atoms with Gasteiger partial charge in [-0.1, -0.05) is 83.0 Å². The summed E-state index contributed by atoms with van der Waals surface area (Å²) in [5, 5.41) is 3.46. The van der Waals surface area contributed by atoms with E-state index in [9.17, 15) is 18.0 Å². The molecule has 3 aromatic rings. The van der Waals surface area contributed by atoms with Crippen LogP contribution in [0.5, 0.6) is 0 Å². The number of carbonyl (C=O) groups excluding carboxylic acids is 2. The summed E-state index contributed by atoms with van der Waals surface area (Å²) in [7, 11) is -3.81. The topological polar surface area (TPSA) is 86.8 Å². The first kappa shape index (κ1) is 29.7. The Morgan fingerprint density at radius 3 is 2.26 bits per heavy atom. The van der Waals surface area contributed by atoms with E-state index in [0.29, 0.717) is 21.7 Å². The molecule has 38 heavy (non-hydrogen) atoms. The third kappa shape index (κ3) is 8.58. The van der Waals surface area contributed by atoms with Gasteiger partial charge >= 0.3 is 0 Å². The molecular formula is C28H31BrClN3O4S. The van der Waals surface area contributed by atoms with Crippen molar-refractivity contribution in [2.45, 2.75) is 32.4 Å². The van der Waals surface area contributed by atoms with Crippen LogP contribution < -0.4 is 9.62 Å². The summed E-state index contributed by atoms with van der Waals surface area (Å²) < 4.78 is 27.3. The minimum absolute atomic E-state index is 0.100. The highest BCUT2D eigenvalue weighted by Crippen LogP contribution is 2.23. The Balaban J connectivity index is 2.03. The molecule has 0 aliphatic rings. The zero-order chi connectivity index (χ0) is 27.7. The zero-order valence-corrected chi connectivity index (χ0v) is 24.5. The molecule has 7 nitrogen and oxygen atoms in total. The second-order valence-corrected chi connectivity index (χ2v) is 12.2. The van der Waals surface area contributed by atoms with Crippen molar-refractivity contribution < 1.29 is 18.0 Å². The smallest absolute Gasteiger partial charge is 0.244 e. The molecule has 1 unspecified atom stereocenters. The SMILES string of the molecule is CCCNC(=O)C(Cc1ccccc1)N(Cc1ccc(Cl)cc1)C(=O)CN(c1cccc(Br)c1)S(C)(=O)=O. The zero-order valence-electron chi connectivity index (χ0n) is 21.3. The lowest BCUT2D eigenvalue weighted by atomic mass is 10.0. The average molecular weight is 621 g/mol. The normalized spacial score (nSPS) is 12.0. The van der Waals surface area contributed by atoms with Gasteiger partial charge in [0.2, 0.25) is 21.8 Å². The van der Waals surface area contributed by atoms with E-state index in [1.54, 1.807) is 48.5 Å². The molecular weight excluding hydrogens is 590 g/mol. The van der Waals surface area contributed by atoms with Crippen LogP contribution in [0.15, 0.2) is 83.3 Å². The number of halogens is 2. The second-order valence-electron chi connectivity index (χ2n) is 8.89. The number of anilines is 1. The second kappa shape index (κ2) is 13.8. The third-order valence-electron chi connectivity index (χ3n) is 5.86. The van der Waals surface area contributed by atoms with Crippen LogP contribution in [0.1, 0.15) is 24.5 Å². The van der Waals surface area contributed by atoms with Gasteiger partial charge in [-0.05, 0) is 47.9 Å². The van der Waals surface area contributed by atoms with Gasteiger partial charge in [-0.25, -0.2) is 8.42 Å². The number of carbonyl (C=O) groups is 2. The monoisotopic (exact) mass is 619 g/mol. The molecule has 0 saturated heterocycles. The number of nitrogens with one attached hydrogen (secondary N) is 1. The van der Waals surface area contributed by atoms with Crippen LogP contribution >= 0.6 is 27.5 Å². The maximum atomic E-state index is 13.9. The van der Waals surface area contributed by atoms with E-state index in [4.69, 9.17) is 11.6 Å². The fourth-order valence-electron chi connectivity index (χ4n) is 3.95. The van der Waals surface area contributed by atoms with E-state index in [2.05, 4.69) is 21.2 Å². The van der Waals surface area contributed by atoms with Crippen LogP contribution in [-0.2, 0) is 32.6 Å². The van der Waals surface area contributed by atoms with E-state index in [0.717, 1.165) is 28.1 Å². The van der Waals surface area contributed by atoms with Crippen molar-refractivity contribution >= 4 is 55.1 Å². The van der Waals surface area contributed by atoms with Crippen molar-refractivity contribution in [1.82, 2.24) is 10.2 Å². The van der Waals surface area contributed by atoms with Crippen LogP contribution in [0.3, 0.4) is 0 Å². The molecule has 0 aliphatic carbocycles. The summed E-state index contributed by atoms with van der Waals surface area (Å²) in [6.07, 6.45) is 2.06. The van der Waals surface area contributed by atoms with Crippen molar-refractivity contribution in [3.63, 3.8) is 0 Å². The molecule has 2 amide bonds. The highest BCUT2D eigenvalue weighted by atomic mass is 79.9. The first-order valence-corrected chi connectivity index (χ1v) is 15.2. The number of rotatable bonds is 12. The van der Waals surface area contributed by atoms with Crippen LogP contribution in [-0.4, -0.2) is 50.5 Å². The van der Waals surface area contributed by atoms with Crippen LogP contribution in [0.25, 0.3) is 0 Å². The Bertz CT molecular complexity index is 1340. The summed E-state index contributed by atoms with van der Waals surface area (Å²) in [5.41, 5.74) is 1.99. The maximum Gasteiger partial charge on any atom is 0.244 e. The van der Waals surface area contributed by atoms with E-state index < -0.39 is 28.5 Å². The lowest BCUT2D eigenvalue weighted by molar-refractivity contribution is -0.140. The summed E-state index contributed by atoms with van der Waals surface area (Å²) in [4.78, 5) is 28.8. The highest BCUT2D eigenvalue weighted by Gasteiger charge is 2.33. The number of benzene rings is 3. The lowest BCUT2D eigenvalue weighted by Crippen LogP contribution is -2.53. The summed E-state index contributed by atoms with van der Waals surface area (Å²) in [5.74, 6) is -0.802. The summed E-state index contributed by atoms with van der Waals surface area (Å²) in [6, 6.07) is 22.3. The van der Waals surface area contributed by atoms with E-state index in [1.165, 1.54) is 4.90 Å². The lowest BCUT2D eigenvalue weighted by Gasteiger charge is -2.33. The molecule has 3 aromatic carbocycles. The van der Waals surface area contributed by atoms with Gasteiger partial charge < -0.3 is 10.2 Å². The Hall–Kier alpha value is -2.88. The maximum absolute atomic E-state index is 13.9. The first-order chi connectivity index (χ1) is 18.1. The predicted octanol–water partition coefficient (Wildman–Crippen LogP) is 5.03. The number of amides is 2.